The number of nitrogens with zero attached hydrogens (tertiary/aromatic N) is 3. The first kappa shape index (κ1) is 34.7. The zero-order chi connectivity index (χ0) is 39.2. The zero-order valence-corrected chi connectivity index (χ0v) is 31.3. The van der Waals surface area contributed by atoms with E-state index in [1.807, 2.05) is 104 Å². The van der Waals surface area contributed by atoms with Crippen LogP contribution in [-0.4, -0.2) is 38.7 Å². The number of hydrazine groups is 1. The van der Waals surface area contributed by atoms with E-state index in [9.17, 15) is 19.5 Å². The number of carbonyl (C=O) groups excluding carboxylic acids is 4. The number of aromatic hydroxyl groups is 1. The molecule has 282 valence electrons. The number of aromatic nitrogens is 1. The smallest absolute Gasteiger partial charge is 0.260 e. The van der Waals surface area contributed by atoms with E-state index < -0.39 is 46.8 Å². The van der Waals surface area contributed by atoms with Gasteiger partial charge in [-0.3, -0.25) is 29.5 Å². The van der Waals surface area contributed by atoms with E-state index in [0.717, 1.165) is 21.7 Å². The SMILES string of the molecule is Cc1ccc(NN2C(=O)C3CC4C(=CCC5C(=O)N(c6ccc(-c7nc8ccccc8o7)cc6)C(=O)C54)C(c4cccc(C)c4O)C3(c3ccccc3)C2=O)cc1. The number of benzene rings is 5. The van der Waals surface area contributed by atoms with Crippen LogP contribution in [0.2, 0.25) is 0 Å². The van der Waals surface area contributed by atoms with Crippen molar-refractivity contribution in [3.8, 4) is 17.2 Å². The van der Waals surface area contributed by atoms with Gasteiger partial charge in [0, 0.05) is 17.0 Å². The molecule has 6 unspecified atom stereocenters. The molecule has 6 atom stereocenters. The van der Waals surface area contributed by atoms with E-state index in [1.54, 1.807) is 37.3 Å². The summed E-state index contributed by atoms with van der Waals surface area (Å²) in [7, 11) is 0. The van der Waals surface area contributed by atoms with Crippen LogP contribution in [0.5, 0.6) is 5.75 Å². The molecule has 5 aromatic carbocycles. The van der Waals surface area contributed by atoms with Crippen molar-refractivity contribution < 1.29 is 28.7 Å². The standard InChI is InChI=1S/C47H38N4O6/c1-26-15-19-30(20-16-26)49-51-44(54)36-25-35-32(40(34-12-8-9-27(2)41(34)52)47(36,46(51)56)29-10-4-3-5-11-29)23-24-33-39(35)45(55)50(43(33)53)31-21-17-28(18-22-31)42-48-37-13-6-7-14-38(37)57-42/h3-23,33,35-36,39-40,49,52H,24-25H2,1-2H3. The Kier molecular flexibility index (Phi) is 7.83. The van der Waals surface area contributed by atoms with Crippen molar-refractivity contribution in [1.82, 2.24) is 9.99 Å². The van der Waals surface area contributed by atoms with Gasteiger partial charge < -0.3 is 9.52 Å². The molecule has 2 aliphatic heterocycles. The maximum atomic E-state index is 15.4. The molecular formula is C47H38N4O6. The summed E-state index contributed by atoms with van der Waals surface area (Å²) in [6, 6.07) is 36.7. The van der Waals surface area contributed by atoms with Crippen LogP contribution in [0, 0.1) is 37.5 Å². The summed E-state index contributed by atoms with van der Waals surface area (Å²) >= 11 is 0. The fraction of sp³-hybridized carbons (Fsp3) is 0.213. The van der Waals surface area contributed by atoms with E-state index in [-0.39, 0.29) is 30.4 Å². The maximum absolute atomic E-state index is 15.4. The molecule has 0 bridgehead atoms. The van der Waals surface area contributed by atoms with E-state index in [4.69, 9.17) is 4.42 Å². The van der Waals surface area contributed by atoms with Gasteiger partial charge in [0.1, 0.15) is 11.3 Å². The molecule has 10 rings (SSSR count). The third kappa shape index (κ3) is 5.06. The Morgan fingerprint density at radius 2 is 1.51 bits per heavy atom. The van der Waals surface area contributed by atoms with Gasteiger partial charge in [-0.2, -0.15) is 5.01 Å². The Morgan fingerprint density at radius 1 is 0.772 bits per heavy atom. The molecular weight excluding hydrogens is 717 g/mol. The minimum Gasteiger partial charge on any atom is -0.507 e. The number of para-hydroxylation sites is 3. The molecule has 2 N–H and O–H groups in total. The summed E-state index contributed by atoms with van der Waals surface area (Å²) < 4.78 is 5.95. The third-order valence-corrected chi connectivity index (χ3v) is 12.6. The normalized spacial score (nSPS) is 25.4. The monoisotopic (exact) mass is 754 g/mol. The van der Waals surface area contributed by atoms with Crippen molar-refractivity contribution >= 4 is 46.1 Å². The second-order valence-corrected chi connectivity index (χ2v) is 15.6. The van der Waals surface area contributed by atoms with Gasteiger partial charge in [-0.05, 0) is 92.3 Å². The van der Waals surface area contributed by atoms with Crippen LogP contribution in [0.15, 0.2) is 137 Å². The number of rotatable bonds is 6. The van der Waals surface area contributed by atoms with Crippen LogP contribution < -0.4 is 10.3 Å². The molecule has 0 radical (unpaired) electrons. The number of imide groups is 2. The Balaban J connectivity index is 1.08. The van der Waals surface area contributed by atoms with Gasteiger partial charge in [-0.1, -0.05) is 90.0 Å². The van der Waals surface area contributed by atoms with Gasteiger partial charge in [0.15, 0.2) is 5.58 Å². The van der Waals surface area contributed by atoms with E-state index >= 15 is 4.79 Å². The lowest BCUT2D eigenvalue weighted by molar-refractivity contribution is -0.138. The number of phenols is 1. The molecule has 10 nitrogen and oxygen atoms in total. The number of hydrogen-bond donors (Lipinski definition) is 2. The Bertz CT molecular complexity index is 2640. The first-order valence-corrected chi connectivity index (χ1v) is 19.3. The van der Waals surface area contributed by atoms with Crippen LogP contribution in [0.4, 0.5) is 11.4 Å². The van der Waals surface area contributed by atoms with E-state index in [1.165, 1.54) is 4.90 Å². The first-order chi connectivity index (χ1) is 27.7. The Morgan fingerprint density at radius 3 is 2.26 bits per heavy atom. The molecule has 57 heavy (non-hydrogen) atoms. The highest BCUT2D eigenvalue weighted by Gasteiger charge is 2.70. The summed E-state index contributed by atoms with van der Waals surface area (Å²) in [6.45, 7) is 3.76. The highest BCUT2D eigenvalue weighted by molar-refractivity contribution is 6.22. The second kappa shape index (κ2) is 12.9. The van der Waals surface area contributed by atoms with Crippen molar-refractivity contribution in [1.29, 1.82) is 0 Å². The Labute approximate surface area is 328 Å². The molecule has 6 aromatic rings. The molecule has 1 aromatic heterocycles. The van der Waals surface area contributed by atoms with Crippen molar-refractivity contribution in [3.63, 3.8) is 0 Å². The Hall–Kier alpha value is -6.81. The quantitative estimate of drug-likeness (QED) is 0.129. The van der Waals surface area contributed by atoms with Gasteiger partial charge in [0.2, 0.25) is 17.7 Å². The lowest BCUT2D eigenvalue weighted by atomic mass is 9.49. The third-order valence-electron chi connectivity index (χ3n) is 12.6. The molecule has 2 aliphatic carbocycles. The number of oxazole rings is 1. The number of fused-ring (bicyclic) bond motifs is 5. The highest BCUT2D eigenvalue weighted by Crippen LogP contribution is 2.65. The van der Waals surface area contributed by atoms with Crippen LogP contribution in [0.25, 0.3) is 22.6 Å². The lowest BCUT2D eigenvalue weighted by Gasteiger charge is -2.50. The highest BCUT2D eigenvalue weighted by atomic mass is 16.3. The van der Waals surface area contributed by atoms with Gasteiger partial charge >= 0.3 is 0 Å². The number of carbonyl (C=O) groups is 4. The summed E-state index contributed by atoms with van der Waals surface area (Å²) in [6.07, 6.45) is 2.42. The van der Waals surface area contributed by atoms with E-state index in [2.05, 4.69) is 10.4 Å². The van der Waals surface area contributed by atoms with Gasteiger partial charge in [-0.15, -0.1) is 0 Å². The number of aryl methyl sites for hydroxylation is 2. The second-order valence-electron chi connectivity index (χ2n) is 15.6. The number of hydrogen-bond acceptors (Lipinski definition) is 8. The van der Waals surface area contributed by atoms with E-state index in [0.29, 0.717) is 45.1 Å². The van der Waals surface area contributed by atoms with Gasteiger partial charge in [0.05, 0.1) is 34.5 Å². The summed E-state index contributed by atoms with van der Waals surface area (Å²) in [5.41, 5.74) is 8.32. The molecule has 1 saturated carbocycles. The van der Waals surface area contributed by atoms with Crippen LogP contribution >= 0.6 is 0 Å². The largest absolute Gasteiger partial charge is 0.507 e. The van der Waals surface area contributed by atoms with Crippen molar-refractivity contribution in [2.45, 2.75) is 38.0 Å². The topological polar surface area (TPSA) is 133 Å². The summed E-state index contributed by atoms with van der Waals surface area (Å²) in [5, 5.41) is 13.0. The van der Waals surface area contributed by atoms with Crippen molar-refractivity contribution in [2.75, 3.05) is 10.3 Å². The van der Waals surface area contributed by atoms with Crippen molar-refractivity contribution in [3.05, 3.63) is 155 Å². The van der Waals surface area contributed by atoms with Crippen LogP contribution in [0.3, 0.4) is 0 Å². The predicted molar refractivity (Wildman–Crippen MR) is 214 cm³/mol. The number of phenolic OH excluding ortho intramolecular Hbond substituents is 1. The molecule has 3 fully saturated rings. The average molecular weight is 755 g/mol. The molecule has 10 heteroatoms. The molecule has 3 heterocycles. The van der Waals surface area contributed by atoms with Crippen LogP contribution in [0.1, 0.15) is 41.0 Å². The summed E-state index contributed by atoms with van der Waals surface area (Å²) in [4.78, 5) is 65.2. The number of allylic oxidation sites excluding steroid dienone is 2. The minimum atomic E-state index is -1.47. The molecule has 4 amide bonds. The first-order valence-electron chi connectivity index (χ1n) is 19.3. The summed E-state index contributed by atoms with van der Waals surface area (Å²) in [5.74, 6) is -4.80. The lowest BCUT2D eigenvalue weighted by Crippen LogP contribution is -2.53. The number of anilines is 2. The minimum absolute atomic E-state index is 0.0277. The van der Waals surface area contributed by atoms with Crippen molar-refractivity contribution in [2.24, 2.45) is 23.7 Å². The maximum Gasteiger partial charge on any atom is 0.260 e. The molecule has 4 aliphatic rings. The van der Waals surface area contributed by atoms with Gasteiger partial charge in [0.25, 0.3) is 11.8 Å². The average Bonchev–Trinajstić information content (AvgIpc) is 3.85. The predicted octanol–water partition coefficient (Wildman–Crippen LogP) is 8.01. The van der Waals surface area contributed by atoms with Crippen LogP contribution in [-0.2, 0) is 24.6 Å². The zero-order valence-electron chi connectivity index (χ0n) is 31.3. The van der Waals surface area contributed by atoms with Gasteiger partial charge in [-0.25, -0.2) is 4.98 Å². The fourth-order valence-electron chi connectivity index (χ4n) is 10.0. The number of amides is 4. The number of nitrogens with one attached hydrogen (secondary N) is 1. The molecule has 2 saturated heterocycles. The molecule has 0 spiro atoms. The fourth-order valence-corrected chi connectivity index (χ4v) is 10.0.